The second-order valence-electron chi connectivity index (χ2n) is 4.09. The minimum absolute atomic E-state index is 0.554. The van der Waals surface area contributed by atoms with E-state index in [4.69, 9.17) is 11.6 Å². The molecular formula is C14H14BrClN2. The highest BCUT2D eigenvalue weighted by atomic mass is 79.9. The summed E-state index contributed by atoms with van der Waals surface area (Å²) in [7, 11) is 0. The fraction of sp³-hybridized carbons (Fsp3) is 0.214. The van der Waals surface area contributed by atoms with E-state index in [1.54, 1.807) is 6.20 Å². The van der Waals surface area contributed by atoms with Crippen LogP contribution in [-0.2, 0) is 12.4 Å². The quantitative estimate of drug-likeness (QED) is 0.837. The lowest BCUT2D eigenvalue weighted by molar-refractivity contribution is 1.09. The summed E-state index contributed by atoms with van der Waals surface area (Å²) in [5, 5.41) is 3.32. The molecule has 0 saturated carbocycles. The van der Waals surface area contributed by atoms with Crippen molar-refractivity contribution >= 4 is 33.3 Å². The van der Waals surface area contributed by atoms with Gasteiger partial charge in [0.2, 0.25) is 0 Å². The minimum atomic E-state index is 0.554. The molecule has 2 rings (SSSR count). The molecule has 0 aliphatic rings. The van der Waals surface area contributed by atoms with Crippen molar-refractivity contribution in [1.82, 2.24) is 4.98 Å². The molecule has 0 spiro atoms. The van der Waals surface area contributed by atoms with Crippen LogP contribution in [0, 0.1) is 6.92 Å². The van der Waals surface area contributed by atoms with Crippen LogP contribution < -0.4 is 5.32 Å². The molecule has 0 atom stereocenters. The standard InChI is InChI=1S/C14H14BrClN2/c1-10-6-7-17-14(13(10)15)18-9-12-4-2-11(8-16)3-5-12/h2-7H,8-9H2,1H3,(H,17,18). The van der Waals surface area contributed by atoms with E-state index in [0.29, 0.717) is 5.88 Å². The summed E-state index contributed by atoms with van der Waals surface area (Å²) in [4.78, 5) is 4.31. The van der Waals surface area contributed by atoms with Gasteiger partial charge in [-0.15, -0.1) is 11.6 Å². The van der Waals surface area contributed by atoms with Crippen LogP contribution in [0.4, 0.5) is 5.82 Å². The van der Waals surface area contributed by atoms with Crippen LogP contribution in [-0.4, -0.2) is 4.98 Å². The molecule has 1 N–H and O–H groups in total. The summed E-state index contributed by atoms with van der Waals surface area (Å²) >= 11 is 9.29. The molecule has 0 unspecified atom stereocenters. The summed E-state index contributed by atoms with van der Waals surface area (Å²) in [6.45, 7) is 2.80. The highest BCUT2D eigenvalue weighted by molar-refractivity contribution is 9.10. The van der Waals surface area contributed by atoms with Gasteiger partial charge in [-0.2, -0.15) is 0 Å². The maximum atomic E-state index is 5.76. The van der Waals surface area contributed by atoms with Gasteiger partial charge in [-0.05, 0) is 45.6 Å². The van der Waals surface area contributed by atoms with Gasteiger partial charge in [-0.3, -0.25) is 0 Å². The number of benzene rings is 1. The molecule has 2 nitrogen and oxygen atoms in total. The number of hydrogen-bond acceptors (Lipinski definition) is 2. The Balaban J connectivity index is 2.04. The van der Waals surface area contributed by atoms with Gasteiger partial charge in [0, 0.05) is 18.6 Å². The van der Waals surface area contributed by atoms with Crippen LogP contribution in [0.3, 0.4) is 0 Å². The Kier molecular flexibility index (Phi) is 4.61. The summed E-state index contributed by atoms with van der Waals surface area (Å²) < 4.78 is 1.02. The molecule has 0 radical (unpaired) electrons. The fourth-order valence-electron chi connectivity index (χ4n) is 1.60. The Bertz CT molecular complexity index is 526. The number of hydrogen-bond donors (Lipinski definition) is 1. The number of nitrogens with zero attached hydrogens (tertiary/aromatic N) is 1. The zero-order valence-electron chi connectivity index (χ0n) is 10.1. The molecule has 18 heavy (non-hydrogen) atoms. The molecule has 4 heteroatoms. The number of aromatic nitrogens is 1. The van der Waals surface area contributed by atoms with Crippen molar-refractivity contribution in [3.05, 3.63) is 57.7 Å². The van der Waals surface area contributed by atoms with Crippen molar-refractivity contribution in [1.29, 1.82) is 0 Å². The largest absolute Gasteiger partial charge is 0.365 e. The maximum Gasteiger partial charge on any atom is 0.140 e. The lowest BCUT2D eigenvalue weighted by Crippen LogP contribution is -2.02. The van der Waals surface area contributed by atoms with Gasteiger partial charge < -0.3 is 5.32 Å². The molecule has 94 valence electrons. The highest BCUT2D eigenvalue weighted by Gasteiger charge is 2.03. The van der Waals surface area contributed by atoms with Gasteiger partial charge in [0.05, 0.1) is 4.47 Å². The Morgan fingerprint density at radius 2 is 1.83 bits per heavy atom. The number of aryl methyl sites for hydroxylation is 1. The third-order valence-electron chi connectivity index (χ3n) is 2.72. The summed E-state index contributed by atoms with van der Waals surface area (Å²) in [5.41, 5.74) is 3.51. The average Bonchev–Trinajstić information content (AvgIpc) is 2.41. The van der Waals surface area contributed by atoms with Crippen LogP contribution >= 0.6 is 27.5 Å². The molecule has 0 aliphatic carbocycles. The molecule has 2 aromatic rings. The average molecular weight is 326 g/mol. The van der Waals surface area contributed by atoms with Gasteiger partial charge in [0.15, 0.2) is 0 Å². The smallest absolute Gasteiger partial charge is 0.140 e. The summed E-state index contributed by atoms with van der Waals surface area (Å²) in [6, 6.07) is 10.2. The molecular weight excluding hydrogens is 312 g/mol. The second kappa shape index (κ2) is 6.21. The van der Waals surface area contributed by atoms with Crippen molar-refractivity contribution in [3.8, 4) is 0 Å². The van der Waals surface area contributed by atoms with Crippen LogP contribution in [0.5, 0.6) is 0 Å². The Hall–Kier alpha value is -1.06. The van der Waals surface area contributed by atoms with E-state index in [1.165, 1.54) is 11.1 Å². The lowest BCUT2D eigenvalue weighted by atomic mass is 10.1. The summed E-state index contributed by atoms with van der Waals surface area (Å²) in [5.74, 6) is 1.43. The van der Waals surface area contributed by atoms with Crippen LogP contribution in [0.2, 0.25) is 0 Å². The van der Waals surface area contributed by atoms with Gasteiger partial charge in [0.1, 0.15) is 5.82 Å². The first-order chi connectivity index (χ1) is 8.70. The third-order valence-corrected chi connectivity index (χ3v) is 4.03. The zero-order valence-corrected chi connectivity index (χ0v) is 12.4. The monoisotopic (exact) mass is 324 g/mol. The third kappa shape index (κ3) is 3.24. The maximum absolute atomic E-state index is 5.76. The summed E-state index contributed by atoms with van der Waals surface area (Å²) in [6.07, 6.45) is 1.80. The Labute approximate surface area is 121 Å². The topological polar surface area (TPSA) is 24.9 Å². The first-order valence-corrected chi connectivity index (χ1v) is 7.02. The van der Waals surface area contributed by atoms with Crippen molar-refractivity contribution in [3.63, 3.8) is 0 Å². The van der Waals surface area contributed by atoms with E-state index in [-0.39, 0.29) is 0 Å². The molecule has 0 amide bonds. The van der Waals surface area contributed by atoms with Crippen LogP contribution in [0.15, 0.2) is 41.0 Å². The van der Waals surface area contributed by atoms with Crippen LogP contribution in [0.1, 0.15) is 16.7 Å². The van der Waals surface area contributed by atoms with Gasteiger partial charge in [-0.25, -0.2) is 4.98 Å². The fourth-order valence-corrected chi connectivity index (χ4v) is 2.15. The number of anilines is 1. The Morgan fingerprint density at radius 1 is 1.17 bits per heavy atom. The van der Waals surface area contributed by atoms with Gasteiger partial charge >= 0.3 is 0 Å². The highest BCUT2D eigenvalue weighted by Crippen LogP contribution is 2.23. The van der Waals surface area contributed by atoms with Gasteiger partial charge in [0.25, 0.3) is 0 Å². The van der Waals surface area contributed by atoms with E-state index in [2.05, 4.69) is 38.4 Å². The van der Waals surface area contributed by atoms with E-state index in [1.807, 2.05) is 25.1 Å². The van der Waals surface area contributed by atoms with Gasteiger partial charge in [-0.1, -0.05) is 24.3 Å². The van der Waals surface area contributed by atoms with Crippen molar-refractivity contribution in [2.24, 2.45) is 0 Å². The van der Waals surface area contributed by atoms with E-state index in [0.717, 1.165) is 22.4 Å². The first kappa shape index (κ1) is 13.4. The van der Waals surface area contributed by atoms with Crippen LogP contribution in [0.25, 0.3) is 0 Å². The number of halogens is 2. The first-order valence-electron chi connectivity index (χ1n) is 5.69. The van der Waals surface area contributed by atoms with Crippen molar-refractivity contribution in [2.75, 3.05) is 5.32 Å². The van der Waals surface area contributed by atoms with E-state index >= 15 is 0 Å². The molecule has 0 aliphatic heterocycles. The SMILES string of the molecule is Cc1ccnc(NCc2ccc(CCl)cc2)c1Br. The number of alkyl halides is 1. The van der Waals surface area contributed by atoms with Crippen molar-refractivity contribution < 1.29 is 0 Å². The number of nitrogens with one attached hydrogen (secondary N) is 1. The lowest BCUT2D eigenvalue weighted by Gasteiger charge is -2.09. The minimum Gasteiger partial charge on any atom is -0.365 e. The van der Waals surface area contributed by atoms with Crippen molar-refractivity contribution in [2.45, 2.75) is 19.3 Å². The molecule has 1 aromatic carbocycles. The zero-order chi connectivity index (χ0) is 13.0. The normalized spacial score (nSPS) is 10.4. The molecule has 1 heterocycles. The Morgan fingerprint density at radius 3 is 2.50 bits per heavy atom. The van der Waals surface area contributed by atoms with E-state index < -0.39 is 0 Å². The molecule has 0 saturated heterocycles. The molecule has 0 bridgehead atoms. The molecule has 0 fully saturated rings. The predicted octanol–water partition coefficient (Wildman–Crippen LogP) is 4.50. The molecule has 1 aromatic heterocycles. The van der Waals surface area contributed by atoms with E-state index in [9.17, 15) is 0 Å². The predicted molar refractivity (Wildman–Crippen MR) is 80.0 cm³/mol. The number of pyridine rings is 1. The second-order valence-corrected chi connectivity index (χ2v) is 5.15. The number of rotatable bonds is 4.